The molecule has 0 aliphatic carbocycles. The van der Waals surface area contributed by atoms with Gasteiger partial charge in [-0.1, -0.05) is 35.9 Å². The Balaban J connectivity index is 1.39. The summed E-state index contributed by atoms with van der Waals surface area (Å²) in [6, 6.07) is 19.4. The number of nitrogens with zero attached hydrogens (tertiary/aromatic N) is 2. The number of fused-ring (bicyclic) bond motifs is 3. The first kappa shape index (κ1) is 20.6. The van der Waals surface area contributed by atoms with Crippen LogP contribution in [-0.2, 0) is 13.1 Å². The van der Waals surface area contributed by atoms with Crippen LogP contribution < -0.4 is 14.4 Å². The highest BCUT2D eigenvalue weighted by molar-refractivity contribution is 6.30. The Morgan fingerprint density at radius 1 is 1.03 bits per heavy atom. The van der Waals surface area contributed by atoms with Crippen LogP contribution in [0.25, 0.3) is 6.08 Å². The maximum Gasteiger partial charge on any atom is 0.231 e. The second-order valence-electron chi connectivity index (χ2n) is 8.23. The van der Waals surface area contributed by atoms with Gasteiger partial charge in [0.25, 0.3) is 0 Å². The van der Waals surface area contributed by atoms with Gasteiger partial charge < -0.3 is 14.4 Å². The zero-order chi connectivity index (χ0) is 22.2. The second-order valence-corrected chi connectivity index (χ2v) is 8.67. The fourth-order valence-electron chi connectivity index (χ4n) is 3.97. The van der Waals surface area contributed by atoms with Crippen molar-refractivity contribution in [1.82, 2.24) is 4.90 Å². The van der Waals surface area contributed by atoms with Crippen LogP contribution in [0.1, 0.15) is 27.0 Å². The Labute approximate surface area is 192 Å². The zero-order valence-corrected chi connectivity index (χ0v) is 18.7. The van der Waals surface area contributed by atoms with Gasteiger partial charge in [0.2, 0.25) is 5.78 Å². The number of rotatable bonds is 4. The monoisotopic (exact) mass is 446 g/mol. The van der Waals surface area contributed by atoms with Gasteiger partial charge in [0, 0.05) is 37.9 Å². The summed E-state index contributed by atoms with van der Waals surface area (Å²) in [5.74, 6) is 1.60. The molecule has 0 radical (unpaired) electrons. The number of ether oxygens (including phenoxy) is 2. The van der Waals surface area contributed by atoms with Crippen LogP contribution >= 0.6 is 11.6 Å². The molecule has 0 amide bonds. The molecular weight excluding hydrogens is 424 g/mol. The molecule has 2 aliphatic rings. The number of halogens is 1. The number of allylic oxidation sites excluding steroid dienone is 1. The van der Waals surface area contributed by atoms with E-state index in [-0.39, 0.29) is 5.78 Å². The third-order valence-electron chi connectivity index (χ3n) is 5.71. The summed E-state index contributed by atoms with van der Waals surface area (Å²) in [7, 11) is 3.99. The normalized spacial score (nSPS) is 16.3. The van der Waals surface area contributed by atoms with E-state index in [1.165, 1.54) is 0 Å². The molecular formula is C26H23ClN2O3. The fraction of sp³-hybridized carbons (Fsp3) is 0.192. The van der Waals surface area contributed by atoms with Gasteiger partial charge in [0.1, 0.15) is 18.2 Å². The first-order chi connectivity index (χ1) is 15.5. The molecule has 2 heterocycles. The van der Waals surface area contributed by atoms with Crippen LogP contribution in [0.2, 0.25) is 5.02 Å². The van der Waals surface area contributed by atoms with E-state index in [4.69, 9.17) is 21.1 Å². The van der Waals surface area contributed by atoms with Crippen molar-refractivity contribution < 1.29 is 14.3 Å². The molecule has 5 nitrogen and oxygen atoms in total. The van der Waals surface area contributed by atoms with Crippen LogP contribution in [-0.4, -0.2) is 31.5 Å². The first-order valence-corrected chi connectivity index (χ1v) is 10.8. The Hall–Kier alpha value is -3.28. The lowest BCUT2D eigenvalue weighted by molar-refractivity contribution is 0.0873. The van der Waals surface area contributed by atoms with Gasteiger partial charge in [-0.3, -0.25) is 9.69 Å². The van der Waals surface area contributed by atoms with E-state index in [0.717, 1.165) is 39.7 Å². The third kappa shape index (κ3) is 3.97. The van der Waals surface area contributed by atoms with Gasteiger partial charge >= 0.3 is 0 Å². The largest absolute Gasteiger partial charge is 0.478 e. The lowest BCUT2D eigenvalue weighted by Gasteiger charge is -2.29. The molecule has 5 rings (SSSR count). The molecule has 0 unspecified atom stereocenters. The van der Waals surface area contributed by atoms with Crippen molar-refractivity contribution in [2.24, 2.45) is 0 Å². The number of anilines is 1. The predicted octanol–water partition coefficient (Wildman–Crippen LogP) is 5.37. The van der Waals surface area contributed by atoms with E-state index in [9.17, 15) is 4.79 Å². The van der Waals surface area contributed by atoms with Gasteiger partial charge in [-0.05, 0) is 53.6 Å². The Morgan fingerprint density at radius 3 is 2.50 bits per heavy atom. The minimum atomic E-state index is -0.102. The van der Waals surface area contributed by atoms with Gasteiger partial charge in [-0.25, -0.2) is 0 Å². The lowest BCUT2D eigenvalue weighted by Crippen LogP contribution is -2.31. The number of carbonyl (C=O) groups is 1. The number of hydrogen-bond acceptors (Lipinski definition) is 5. The molecule has 0 aromatic heterocycles. The average molecular weight is 447 g/mol. The van der Waals surface area contributed by atoms with Crippen molar-refractivity contribution in [1.29, 1.82) is 0 Å². The van der Waals surface area contributed by atoms with E-state index in [2.05, 4.69) is 4.90 Å². The summed E-state index contributed by atoms with van der Waals surface area (Å²) in [5.41, 5.74) is 4.65. The second kappa shape index (κ2) is 8.34. The molecule has 3 aromatic rings. The van der Waals surface area contributed by atoms with Gasteiger partial charge in [0.05, 0.1) is 11.1 Å². The fourth-order valence-corrected chi connectivity index (χ4v) is 4.10. The molecule has 6 heteroatoms. The summed E-state index contributed by atoms with van der Waals surface area (Å²) < 4.78 is 12.1. The Morgan fingerprint density at radius 2 is 1.78 bits per heavy atom. The highest BCUT2D eigenvalue weighted by Gasteiger charge is 2.33. The molecule has 0 saturated carbocycles. The van der Waals surface area contributed by atoms with Gasteiger partial charge in [0.15, 0.2) is 5.76 Å². The van der Waals surface area contributed by atoms with Crippen LogP contribution in [0.5, 0.6) is 11.5 Å². The van der Waals surface area contributed by atoms with Crippen LogP contribution in [0, 0.1) is 0 Å². The van der Waals surface area contributed by atoms with E-state index in [0.29, 0.717) is 30.3 Å². The summed E-state index contributed by atoms with van der Waals surface area (Å²) in [6.07, 6.45) is 1.79. The zero-order valence-electron chi connectivity index (χ0n) is 18.0. The molecule has 0 fully saturated rings. The quantitative estimate of drug-likeness (QED) is 0.504. The van der Waals surface area contributed by atoms with Crippen molar-refractivity contribution in [2.75, 3.05) is 25.7 Å². The predicted molar refractivity (Wildman–Crippen MR) is 126 cm³/mol. The molecule has 3 aromatic carbocycles. The summed E-state index contributed by atoms with van der Waals surface area (Å²) in [5, 5.41) is 0.717. The van der Waals surface area contributed by atoms with Crippen molar-refractivity contribution >= 4 is 29.1 Å². The minimum absolute atomic E-state index is 0.102. The molecule has 0 N–H and O–H groups in total. The molecule has 32 heavy (non-hydrogen) atoms. The topological polar surface area (TPSA) is 42.0 Å². The van der Waals surface area contributed by atoms with E-state index >= 15 is 0 Å². The van der Waals surface area contributed by atoms with Crippen molar-refractivity contribution in [2.45, 2.75) is 13.1 Å². The average Bonchev–Trinajstić information content (AvgIpc) is 3.11. The maximum atomic E-state index is 13.0. The first-order valence-electron chi connectivity index (χ1n) is 10.4. The molecule has 162 valence electrons. The van der Waals surface area contributed by atoms with Crippen molar-refractivity contribution in [3.8, 4) is 11.5 Å². The molecule has 0 saturated heterocycles. The Bertz CT molecular complexity index is 1200. The van der Waals surface area contributed by atoms with Gasteiger partial charge in [-0.15, -0.1) is 0 Å². The standard InChI is InChI=1S/C26H23ClN2O3/c1-28(2)20-9-5-17(6-10-20)13-24-25(30)21-11-12-23-22(26(21)32-24)15-29(16-31-23)14-18-3-7-19(27)8-4-18/h3-13H,14-16H2,1-2H3/b24-13-. The summed E-state index contributed by atoms with van der Waals surface area (Å²) >= 11 is 6.00. The summed E-state index contributed by atoms with van der Waals surface area (Å²) in [6.45, 7) is 1.83. The molecule has 0 bridgehead atoms. The molecule has 0 atom stereocenters. The van der Waals surface area contributed by atoms with E-state index in [1.54, 1.807) is 12.1 Å². The number of ketones is 1. The maximum absolute atomic E-state index is 13.0. The number of hydrogen-bond donors (Lipinski definition) is 0. The number of carbonyl (C=O) groups excluding carboxylic acids is 1. The number of Topliss-reactive ketones (excluding diaryl/α,β-unsaturated/α-hetero) is 1. The summed E-state index contributed by atoms with van der Waals surface area (Å²) in [4.78, 5) is 17.2. The van der Waals surface area contributed by atoms with Crippen LogP contribution in [0.4, 0.5) is 5.69 Å². The highest BCUT2D eigenvalue weighted by atomic mass is 35.5. The molecule has 0 spiro atoms. The van der Waals surface area contributed by atoms with Crippen LogP contribution in [0.3, 0.4) is 0 Å². The smallest absolute Gasteiger partial charge is 0.231 e. The Kier molecular flexibility index (Phi) is 5.37. The van der Waals surface area contributed by atoms with Crippen molar-refractivity contribution in [3.05, 3.63) is 93.7 Å². The molecule has 2 aliphatic heterocycles. The van der Waals surface area contributed by atoms with Crippen molar-refractivity contribution in [3.63, 3.8) is 0 Å². The van der Waals surface area contributed by atoms with E-state index < -0.39 is 0 Å². The minimum Gasteiger partial charge on any atom is -0.478 e. The lowest BCUT2D eigenvalue weighted by atomic mass is 10.0. The third-order valence-corrected chi connectivity index (χ3v) is 5.96. The number of benzene rings is 3. The highest BCUT2D eigenvalue weighted by Crippen LogP contribution is 2.42. The van der Waals surface area contributed by atoms with Crippen LogP contribution in [0.15, 0.2) is 66.4 Å². The van der Waals surface area contributed by atoms with Gasteiger partial charge in [-0.2, -0.15) is 0 Å². The van der Waals surface area contributed by atoms with E-state index in [1.807, 2.05) is 73.6 Å². The SMILES string of the molecule is CN(C)c1ccc(/C=C2\Oc3c(ccc4c3CN(Cc3ccc(Cl)cc3)CO4)C2=O)cc1.